The van der Waals surface area contributed by atoms with Crippen LogP contribution in [0.1, 0.15) is 42.9 Å². The lowest BCUT2D eigenvalue weighted by molar-refractivity contribution is 0.270. The number of rotatable bonds is 5. The van der Waals surface area contributed by atoms with Gasteiger partial charge in [-0.15, -0.1) is 0 Å². The molecule has 0 spiro atoms. The lowest BCUT2D eigenvalue weighted by Gasteiger charge is -2.42. The topological polar surface area (TPSA) is 56.1 Å². The minimum absolute atomic E-state index is 0.526. The van der Waals surface area contributed by atoms with Crippen molar-refractivity contribution in [2.45, 2.75) is 44.5 Å². The van der Waals surface area contributed by atoms with Crippen molar-refractivity contribution in [3.05, 3.63) is 41.9 Å². The van der Waals surface area contributed by atoms with E-state index in [4.69, 9.17) is 4.98 Å². The van der Waals surface area contributed by atoms with Crippen molar-refractivity contribution in [1.29, 1.82) is 5.26 Å². The number of hydrogen-bond acceptors (Lipinski definition) is 5. The Balaban J connectivity index is 1.53. The van der Waals surface area contributed by atoms with Gasteiger partial charge in [-0.25, -0.2) is 4.98 Å². The molecule has 0 N–H and O–H groups in total. The molecule has 2 aromatic rings. The largest absolute Gasteiger partial charge is 0.353 e. The fourth-order valence-electron chi connectivity index (χ4n) is 4.62. The van der Waals surface area contributed by atoms with Crippen LogP contribution in [0.5, 0.6) is 0 Å². The van der Waals surface area contributed by atoms with Crippen LogP contribution in [0.25, 0.3) is 11.1 Å². The summed E-state index contributed by atoms with van der Waals surface area (Å²) in [6.07, 6.45) is 8.76. The Morgan fingerprint density at radius 3 is 2.71 bits per heavy atom. The van der Waals surface area contributed by atoms with E-state index in [1.54, 1.807) is 6.20 Å². The number of nitriles is 1. The Bertz CT molecular complexity index is 901. The van der Waals surface area contributed by atoms with Gasteiger partial charge in [0.05, 0.1) is 11.3 Å². The molecule has 0 radical (unpaired) electrons. The van der Waals surface area contributed by atoms with Gasteiger partial charge in [0.2, 0.25) is 7.41 Å². The molecule has 0 amide bonds. The molecule has 2 aliphatic carbocycles. The van der Waals surface area contributed by atoms with E-state index in [0.29, 0.717) is 17.5 Å². The molecule has 1 saturated heterocycles. The first-order valence-electron chi connectivity index (χ1n) is 10.6. The zero-order chi connectivity index (χ0) is 19.1. The smallest absolute Gasteiger partial charge is 0.201 e. The van der Waals surface area contributed by atoms with E-state index in [-0.39, 0.29) is 0 Å². The Labute approximate surface area is 167 Å². The normalized spacial score (nSPS) is 22.7. The summed E-state index contributed by atoms with van der Waals surface area (Å²) in [7, 11) is 1.11. The second-order valence-electron chi connectivity index (χ2n) is 8.40. The highest BCUT2D eigenvalue weighted by Gasteiger charge is 2.39. The summed E-state index contributed by atoms with van der Waals surface area (Å²) in [5, 5.41) is 9.91. The number of hydrogen-bond donors (Lipinski definition) is 0. The third-order valence-corrected chi connectivity index (χ3v) is 6.49. The molecule has 0 aromatic carbocycles. The Hall–Kier alpha value is -2.39. The minimum atomic E-state index is 0.526. The van der Waals surface area contributed by atoms with Crippen molar-refractivity contribution in [1.82, 2.24) is 14.8 Å². The summed E-state index contributed by atoms with van der Waals surface area (Å²) in [4.78, 5) is 14.4. The van der Waals surface area contributed by atoms with Crippen LogP contribution in [0, 0.1) is 17.2 Å². The third kappa shape index (κ3) is 3.29. The van der Waals surface area contributed by atoms with E-state index in [2.05, 4.69) is 39.7 Å². The standard InChI is InChI=1S/C22H26BN5/c1-23-28-10-9-27(14-20(28)15-4-5-15)22-18(12-24)11-19(17-3-2-8-25-13-17)21(26-22)16-6-7-16/h2-3,8,11,13,15-16,20,23H,4-7,9-10,14H2,1H3/t20-/m0/s1. The van der Waals surface area contributed by atoms with Crippen LogP contribution in [0.4, 0.5) is 5.82 Å². The van der Waals surface area contributed by atoms with Crippen LogP contribution in [0.15, 0.2) is 30.6 Å². The van der Waals surface area contributed by atoms with Gasteiger partial charge in [0, 0.05) is 55.1 Å². The zero-order valence-corrected chi connectivity index (χ0v) is 16.5. The lowest BCUT2D eigenvalue weighted by Crippen LogP contribution is -2.55. The summed E-state index contributed by atoms with van der Waals surface area (Å²) in [5.74, 6) is 2.25. The van der Waals surface area contributed by atoms with E-state index < -0.39 is 0 Å². The summed E-state index contributed by atoms with van der Waals surface area (Å²) < 4.78 is 0. The van der Waals surface area contributed by atoms with Crippen LogP contribution < -0.4 is 4.90 Å². The molecule has 6 heteroatoms. The minimum Gasteiger partial charge on any atom is -0.353 e. The van der Waals surface area contributed by atoms with Crippen LogP contribution in [0.3, 0.4) is 0 Å². The second kappa shape index (κ2) is 7.22. The fourth-order valence-corrected chi connectivity index (χ4v) is 4.62. The van der Waals surface area contributed by atoms with Crippen molar-refractivity contribution < 1.29 is 0 Å². The van der Waals surface area contributed by atoms with Crippen molar-refractivity contribution in [3.63, 3.8) is 0 Å². The Morgan fingerprint density at radius 1 is 1.21 bits per heavy atom. The van der Waals surface area contributed by atoms with Crippen LogP contribution in [-0.4, -0.2) is 47.9 Å². The second-order valence-corrected chi connectivity index (χ2v) is 8.40. The van der Waals surface area contributed by atoms with Gasteiger partial charge < -0.3 is 9.71 Å². The molecule has 3 fully saturated rings. The molecule has 5 rings (SSSR count). The molecule has 28 heavy (non-hydrogen) atoms. The molecule has 2 aromatic heterocycles. The predicted octanol–water partition coefficient (Wildman–Crippen LogP) is 3.19. The molecule has 5 nitrogen and oxygen atoms in total. The quantitative estimate of drug-likeness (QED) is 0.756. The van der Waals surface area contributed by atoms with Gasteiger partial charge in [-0.1, -0.05) is 12.9 Å². The van der Waals surface area contributed by atoms with E-state index >= 15 is 0 Å². The maximum atomic E-state index is 9.91. The molecule has 3 heterocycles. The van der Waals surface area contributed by atoms with Crippen molar-refractivity contribution in [2.24, 2.45) is 5.92 Å². The average molecular weight is 371 g/mol. The van der Waals surface area contributed by atoms with Gasteiger partial charge in [-0.05, 0) is 43.7 Å². The van der Waals surface area contributed by atoms with Gasteiger partial charge in [0.1, 0.15) is 11.9 Å². The summed E-state index contributed by atoms with van der Waals surface area (Å²) in [6.45, 7) is 5.27. The van der Waals surface area contributed by atoms with Crippen molar-refractivity contribution in [2.75, 3.05) is 24.5 Å². The number of piperazine rings is 1. The predicted molar refractivity (Wildman–Crippen MR) is 113 cm³/mol. The van der Waals surface area contributed by atoms with Crippen LogP contribution in [0.2, 0.25) is 6.82 Å². The first kappa shape index (κ1) is 17.7. The summed E-state index contributed by atoms with van der Waals surface area (Å²) in [5.41, 5.74) is 4.00. The molecular formula is C22H26BN5. The molecule has 2 saturated carbocycles. The monoisotopic (exact) mass is 371 g/mol. The summed E-state index contributed by atoms with van der Waals surface area (Å²) >= 11 is 0. The van der Waals surface area contributed by atoms with Gasteiger partial charge in [0.15, 0.2) is 0 Å². The first-order chi connectivity index (χ1) is 13.8. The van der Waals surface area contributed by atoms with E-state index in [1.165, 1.54) is 25.7 Å². The van der Waals surface area contributed by atoms with E-state index in [0.717, 1.165) is 55.6 Å². The fraction of sp³-hybridized carbons (Fsp3) is 0.500. The van der Waals surface area contributed by atoms with Crippen LogP contribution >= 0.6 is 0 Å². The third-order valence-electron chi connectivity index (χ3n) is 6.49. The zero-order valence-electron chi connectivity index (χ0n) is 16.5. The number of aromatic nitrogens is 2. The highest BCUT2D eigenvalue weighted by molar-refractivity contribution is 6.30. The van der Waals surface area contributed by atoms with Gasteiger partial charge in [-0.3, -0.25) is 4.98 Å². The Kier molecular flexibility index (Phi) is 4.56. The average Bonchev–Trinajstić information content (AvgIpc) is 3.66. The molecule has 0 bridgehead atoms. The van der Waals surface area contributed by atoms with Gasteiger partial charge >= 0.3 is 0 Å². The number of anilines is 1. The lowest BCUT2D eigenvalue weighted by atomic mass is 9.89. The maximum absolute atomic E-state index is 9.91. The maximum Gasteiger partial charge on any atom is 0.201 e. The van der Waals surface area contributed by atoms with Crippen molar-refractivity contribution >= 4 is 13.2 Å². The molecule has 3 aliphatic rings. The highest BCUT2D eigenvalue weighted by Crippen LogP contribution is 2.45. The molecule has 1 atom stereocenters. The van der Waals surface area contributed by atoms with Gasteiger partial charge in [0.25, 0.3) is 0 Å². The molecule has 1 aliphatic heterocycles. The molecule has 142 valence electrons. The highest BCUT2D eigenvalue weighted by atomic mass is 15.3. The first-order valence-corrected chi connectivity index (χ1v) is 10.6. The number of nitrogens with zero attached hydrogens (tertiary/aromatic N) is 5. The van der Waals surface area contributed by atoms with Crippen LogP contribution in [-0.2, 0) is 0 Å². The molecular weight excluding hydrogens is 345 g/mol. The Morgan fingerprint density at radius 2 is 2.07 bits per heavy atom. The van der Waals surface area contributed by atoms with Crippen molar-refractivity contribution in [3.8, 4) is 17.2 Å². The molecule has 0 unspecified atom stereocenters. The van der Waals surface area contributed by atoms with Gasteiger partial charge in [-0.2, -0.15) is 5.26 Å². The number of pyridine rings is 2. The SMILES string of the molecule is CBN1CCN(c2nc(C3CC3)c(-c3cccnc3)cc2C#N)C[C@H]1C1CC1. The van der Waals surface area contributed by atoms with E-state index in [9.17, 15) is 5.26 Å². The summed E-state index contributed by atoms with van der Waals surface area (Å²) in [6, 6.07) is 9.13. The van der Waals surface area contributed by atoms with E-state index in [1.807, 2.05) is 12.3 Å².